The summed E-state index contributed by atoms with van der Waals surface area (Å²) in [5, 5.41) is 7.23. The van der Waals surface area contributed by atoms with Gasteiger partial charge < -0.3 is 9.84 Å². The van der Waals surface area contributed by atoms with Gasteiger partial charge in [0.25, 0.3) is 0 Å². The van der Waals surface area contributed by atoms with E-state index in [1.807, 2.05) is 6.26 Å². The number of sulfonamides is 1. The number of aromatic nitrogens is 2. The minimum absolute atomic E-state index is 0.0476. The van der Waals surface area contributed by atoms with Crippen molar-refractivity contribution in [1.82, 2.24) is 14.4 Å². The molecule has 0 aliphatic carbocycles. The lowest BCUT2D eigenvalue weighted by Crippen LogP contribution is -2.27. The molecule has 0 radical (unpaired) electrons. The maximum absolute atomic E-state index is 13.1. The highest BCUT2D eigenvalue weighted by molar-refractivity contribution is 7.98. The van der Waals surface area contributed by atoms with Crippen molar-refractivity contribution in [3.63, 3.8) is 0 Å². The maximum Gasteiger partial charge on any atom is 0.243 e. The average molecular weight is 495 g/mol. The second kappa shape index (κ2) is 10.0. The van der Waals surface area contributed by atoms with Crippen molar-refractivity contribution in [3.05, 3.63) is 53.4 Å². The topological polar surface area (TPSA) is 105 Å². The molecule has 8 nitrogen and oxygen atoms in total. The van der Waals surface area contributed by atoms with E-state index in [-0.39, 0.29) is 29.2 Å². The third-order valence-electron chi connectivity index (χ3n) is 4.57. The number of amides is 1. The van der Waals surface area contributed by atoms with Gasteiger partial charge in [-0.2, -0.15) is 9.29 Å². The van der Waals surface area contributed by atoms with Crippen molar-refractivity contribution in [3.8, 4) is 11.4 Å². The van der Waals surface area contributed by atoms with Crippen molar-refractivity contribution in [2.45, 2.75) is 30.2 Å². The Morgan fingerprint density at radius 2 is 2.00 bits per heavy atom. The predicted molar refractivity (Wildman–Crippen MR) is 125 cm³/mol. The number of carbonyl (C=O) groups excluding carboxylic acids is 1. The van der Waals surface area contributed by atoms with E-state index in [2.05, 4.69) is 15.5 Å². The third kappa shape index (κ3) is 5.50. The molecule has 0 bridgehead atoms. The number of thioether (sulfide) groups is 1. The van der Waals surface area contributed by atoms with Crippen molar-refractivity contribution in [2.75, 3.05) is 18.6 Å². The fourth-order valence-corrected chi connectivity index (χ4v) is 4.61. The lowest BCUT2D eigenvalue weighted by Gasteiger charge is -2.17. The van der Waals surface area contributed by atoms with E-state index in [0.717, 1.165) is 9.20 Å². The monoisotopic (exact) mass is 494 g/mol. The number of hydrogen-bond acceptors (Lipinski definition) is 7. The van der Waals surface area contributed by atoms with Gasteiger partial charge in [-0.1, -0.05) is 42.7 Å². The Kier molecular flexibility index (Phi) is 7.60. The van der Waals surface area contributed by atoms with Crippen LogP contribution in [0.3, 0.4) is 0 Å². The Bertz CT molecular complexity index is 1230. The number of nitrogens with one attached hydrogen (secondary N) is 1. The van der Waals surface area contributed by atoms with Gasteiger partial charge in [0.05, 0.1) is 17.1 Å². The smallest absolute Gasteiger partial charge is 0.243 e. The maximum atomic E-state index is 13.1. The molecule has 3 rings (SSSR count). The van der Waals surface area contributed by atoms with Gasteiger partial charge >= 0.3 is 0 Å². The molecule has 0 fully saturated rings. The van der Waals surface area contributed by atoms with Gasteiger partial charge in [0.1, 0.15) is 0 Å². The second-order valence-corrected chi connectivity index (χ2v) is 10.6. The van der Waals surface area contributed by atoms with E-state index in [1.54, 1.807) is 44.2 Å². The van der Waals surface area contributed by atoms with E-state index < -0.39 is 10.0 Å². The first-order valence-corrected chi connectivity index (χ1v) is 12.7. The summed E-state index contributed by atoms with van der Waals surface area (Å²) in [6, 6.07) is 11.6. The van der Waals surface area contributed by atoms with Crippen molar-refractivity contribution >= 4 is 45.0 Å². The summed E-state index contributed by atoms with van der Waals surface area (Å²) in [6.45, 7) is 3.42. The molecule has 0 aliphatic rings. The molecule has 0 unspecified atom stereocenters. The van der Waals surface area contributed by atoms with Crippen LogP contribution in [0, 0.1) is 5.92 Å². The standard InChI is InChI=1S/C21H23ClN4O4S2/c1-13(2)21(27)23-17-11-16(8-9-18(17)31-4)32(28,29)26(3)12-19-24-20(25-30-19)14-6-5-7-15(22)10-14/h5-11,13H,12H2,1-4H3,(H,23,27). The van der Waals surface area contributed by atoms with Crippen LogP contribution >= 0.6 is 23.4 Å². The highest BCUT2D eigenvalue weighted by Crippen LogP contribution is 2.30. The van der Waals surface area contributed by atoms with Gasteiger partial charge in [0, 0.05) is 28.4 Å². The molecule has 1 aromatic heterocycles. The normalized spacial score (nSPS) is 11.8. The molecule has 0 aliphatic heterocycles. The van der Waals surface area contributed by atoms with Crippen LogP contribution < -0.4 is 5.32 Å². The van der Waals surface area contributed by atoms with E-state index in [1.165, 1.54) is 30.9 Å². The molecule has 170 valence electrons. The number of anilines is 1. The van der Waals surface area contributed by atoms with Crippen LogP contribution in [0.1, 0.15) is 19.7 Å². The summed E-state index contributed by atoms with van der Waals surface area (Å²) >= 11 is 7.41. The largest absolute Gasteiger partial charge is 0.338 e. The van der Waals surface area contributed by atoms with Crippen molar-refractivity contribution in [1.29, 1.82) is 0 Å². The Morgan fingerprint density at radius 1 is 1.25 bits per heavy atom. The quantitative estimate of drug-likeness (QED) is 0.458. The van der Waals surface area contributed by atoms with E-state index in [4.69, 9.17) is 16.1 Å². The summed E-state index contributed by atoms with van der Waals surface area (Å²) in [4.78, 5) is 17.2. The number of carbonyl (C=O) groups is 1. The van der Waals surface area contributed by atoms with Gasteiger partial charge in [-0.15, -0.1) is 11.8 Å². The Morgan fingerprint density at radius 3 is 2.66 bits per heavy atom. The second-order valence-electron chi connectivity index (χ2n) is 7.29. The lowest BCUT2D eigenvalue weighted by atomic mass is 10.2. The molecule has 0 atom stereocenters. The first-order valence-electron chi connectivity index (χ1n) is 9.65. The molecular formula is C21H23ClN4O4S2. The van der Waals surface area contributed by atoms with Crippen LogP contribution in [0.5, 0.6) is 0 Å². The molecule has 0 saturated heterocycles. The molecule has 0 saturated carbocycles. The minimum Gasteiger partial charge on any atom is -0.338 e. The third-order valence-corrected chi connectivity index (χ3v) is 7.40. The SMILES string of the molecule is CSc1ccc(S(=O)(=O)N(C)Cc2nc(-c3cccc(Cl)c3)no2)cc1NC(=O)C(C)C. The van der Waals surface area contributed by atoms with Crippen molar-refractivity contribution < 1.29 is 17.7 Å². The number of nitrogens with zero attached hydrogens (tertiary/aromatic N) is 3. The Balaban J connectivity index is 1.82. The predicted octanol–water partition coefficient (Wildman–Crippen LogP) is 4.53. The Labute approximate surface area is 196 Å². The highest BCUT2D eigenvalue weighted by atomic mass is 35.5. The number of rotatable bonds is 8. The van der Waals surface area contributed by atoms with Crippen LogP contribution in [-0.2, 0) is 21.4 Å². The summed E-state index contributed by atoms with van der Waals surface area (Å²) in [6.07, 6.45) is 1.85. The van der Waals surface area contributed by atoms with Crippen LogP contribution in [0.4, 0.5) is 5.69 Å². The van der Waals surface area contributed by atoms with Crippen LogP contribution in [0.2, 0.25) is 5.02 Å². The van der Waals surface area contributed by atoms with Crippen molar-refractivity contribution in [2.24, 2.45) is 5.92 Å². The number of benzene rings is 2. The van der Waals surface area contributed by atoms with Gasteiger partial charge in [-0.3, -0.25) is 4.79 Å². The van der Waals surface area contributed by atoms with E-state index in [9.17, 15) is 13.2 Å². The van der Waals surface area contributed by atoms with Gasteiger partial charge in [-0.25, -0.2) is 8.42 Å². The molecule has 0 spiro atoms. The molecular weight excluding hydrogens is 472 g/mol. The molecule has 3 aromatic rings. The average Bonchev–Trinajstić information content (AvgIpc) is 3.22. The van der Waals surface area contributed by atoms with Crippen LogP contribution in [0.15, 0.2) is 56.8 Å². The molecule has 1 N–H and O–H groups in total. The van der Waals surface area contributed by atoms with Gasteiger partial charge in [0.2, 0.25) is 27.6 Å². The van der Waals surface area contributed by atoms with Crippen LogP contribution in [0.25, 0.3) is 11.4 Å². The highest BCUT2D eigenvalue weighted by Gasteiger charge is 2.25. The fourth-order valence-electron chi connectivity index (χ4n) is 2.74. The van der Waals surface area contributed by atoms with E-state index >= 15 is 0 Å². The van der Waals surface area contributed by atoms with Gasteiger partial charge in [0.15, 0.2) is 0 Å². The first-order chi connectivity index (χ1) is 15.1. The minimum atomic E-state index is -3.88. The number of halogens is 1. The first kappa shape index (κ1) is 24.2. The fraction of sp³-hybridized carbons (Fsp3) is 0.286. The molecule has 1 heterocycles. The Hall–Kier alpha value is -2.40. The summed E-state index contributed by atoms with van der Waals surface area (Å²) in [5.74, 6) is 0.0258. The zero-order chi connectivity index (χ0) is 23.5. The summed E-state index contributed by atoms with van der Waals surface area (Å²) in [5.41, 5.74) is 1.11. The molecule has 32 heavy (non-hydrogen) atoms. The zero-order valence-electron chi connectivity index (χ0n) is 18.0. The zero-order valence-corrected chi connectivity index (χ0v) is 20.4. The summed E-state index contributed by atoms with van der Waals surface area (Å²) in [7, 11) is -2.45. The summed E-state index contributed by atoms with van der Waals surface area (Å²) < 4.78 is 32.6. The van der Waals surface area contributed by atoms with Gasteiger partial charge in [-0.05, 0) is 36.6 Å². The number of hydrogen-bond donors (Lipinski definition) is 1. The van der Waals surface area contributed by atoms with Crippen LogP contribution in [-0.4, -0.2) is 42.1 Å². The molecule has 1 amide bonds. The van der Waals surface area contributed by atoms with E-state index in [0.29, 0.717) is 22.1 Å². The molecule has 2 aromatic carbocycles. The molecule has 11 heteroatoms. The lowest BCUT2D eigenvalue weighted by molar-refractivity contribution is -0.118.